The van der Waals surface area contributed by atoms with Crippen LogP contribution in [0.15, 0.2) is 24.3 Å². The zero-order valence-electron chi connectivity index (χ0n) is 24.7. The number of pyridine rings is 1. The topological polar surface area (TPSA) is 83.8 Å². The zero-order chi connectivity index (χ0) is 30.9. The molecule has 232 valence electrons. The summed E-state index contributed by atoms with van der Waals surface area (Å²) in [6.07, 6.45) is 8.89. The second kappa shape index (κ2) is 10.7. The van der Waals surface area contributed by atoms with E-state index in [1.54, 1.807) is 0 Å². The van der Waals surface area contributed by atoms with Crippen LogP contribution in [-0.2, 0) is 11.2 Å². The Hall–Kier alpha value is -4.14. The minimum atomic E-state index is -0.919. The van der Waals surface area contributed by atoms with Crippen LogP contribution in [0.2, 0.25) is 0 Å². The molecule has 2 aromatic carbocycles. The molecule has 8 nitrogen and oxygen atoms in total. The van der Waals surface area contributed by atoms with Gasteiger partial charge in [0.15, 0.2) is 5.82 Å². The molecule has 3 saturated heterocycles. The maximum absolute atomic E-state index is 17.0. The summed E-state index contributed by atoms with van der Waals surface area (Å²) in [5.74, 6) is 1.40. The number of phenols is 1. The summed E-state index contributed by atoms with van der Waals surface area (Å²) in [6.45, 7) is 3.15. The number of aryl methyl sites for hydroxylation is 1. The number of benzene rings is 2. The van der Waals surface area contributed by atoms with Crippen LogP contribution in [0, 0.1) is 24.0 Å². The van der Waals surface area contributed by atoms with Crippen molar-refractivity contribution in [1.29, 1.82) is 0 Å². The molecule has 2 aromatic heterocycles. The van der Waals surface area contributed by atoms with Crippen molar-refractivity contribution in [3.05, 3.63) is 47.2 Å². The predicted octanol–water partition coefficient (Wildman–Crippen LogP) is 5.31. The first kappa shape index (κ1) is 28.3. The van der Waals surface area contributed by atoms with Crippen LogP contribution in [-0.4, -0.2) is 82.2 Å². The van der Waals surface area contributed by atoms with Gasteiger partial charge in [-0.1, -0.05) is 12.0 Å². The van der Waals surface area contributed by atoms with E-state index in [1.165, 1.54) is 24.3 Å². The minimum absolute atomic E-state index is 0.00461. The normalized spacial score (nSPS) is 24.7. The van der Waals surface area contributed by atoms with E-state index in [-0.39, 0.29) is 52.1 Å². The molecule has 0 radical (unpaired) electrons. The molecule has 45 heavy (non-hydrogen) atoms. The number of hydrogen-bond acceptors (Lipinski definition) is 8. The molecule has 0 amide bonds. The van der Waals surface area contributed by atoms with Gasteiger partial charge >= 0.3 is 6.01 Å². The van der Waals surface area contributed by atoms with Gasteiger partial charge in [-0.2, -0.15) is 9.97 Å². The average molecular weight is 616 g/mol. The maximum Gasteiger partial charge on any atom is 0.319 e. The van der Waals surface area contributed by atoms with Crippen molar-refractivity contribution >= 4 is 27.5 Å². The van der Waals surface area contributed by atoms with E-state index in [4.69, 9.17) is 25.9 Å². The van der Waals surface area contributed by atoms with E-state index in [0.29, 0.717) is 67.8 Å². The lowest BCUT2D eigenvalue weighted by Crippen LogP contribution is -2.43. The van der Waals surface area contributed by atoms with E-state index in [0.717, 1.165) is 25.8 Å². The highest BCUT2D eigenvalue weighted by Gasteiger charge is 2.49. The van der Waals surface area contributed by atoms with Crippen LogP contribution in [0.5, 0.6) is 11.8 Å². The smallest absolute Gasteiger partial charge is 0.319 e. The monoisotopic (exact) mass is 615 g/mol. The Balaban J connectivity index is 1.33. The molecular weight excluding hydrogens is 583 g/mol. The van der Waals surface area contributed by atoms with E-state index >= 15 is 4.39 Å². The summed E-state index contributed by atoms with van der Waals surface area (Å²) in [5.41, 5.74) is 0.193. The highest BCUT2D eigenvalue weighted by molar-refractivity contribution is 6.03. The van der Waals surface area contributed by atoms with Gasteiger partial charge in [0.1, 0.15) is 41.4 Å². The molecule has 1 N–H and O–H groups in total. The first-order valence-corrected chi connectivity index (χ1v) is 15.5. The number of terminal acetylenes is 1. The van der Waals surface area contributed by atoms with Crippen molar-refractivity contribution in [3.63, 3.8) is 0 Å². The summed E-state index contributed by atoms with van der Waals surface area (Å²) >= 11 is 0. The molecule has 0 saturated carbocycles. The summed E-state index contributed by atoms with van der Waals surface area (Å²) in [6, 6.07) is 5.51. The van der Waals surface area contributed by atoms with Gasteiger partial charge in [-0.15, -0.1) is 6.42 Å². The van der Waals surface area contributed by atoms with Crippen LogP contribution in [0.1, 0.15) is 43.4 Å². The Labute approximate surface area is 258 Å². The lowest BCUT2D eigenvalue weighted by Gasteiger charge is -2.31. The van der Waals surface area contributed by atoms with Gasteiger partial charge < -0.3 is 19.5 Å². The Kier molecular flexibility index (Phi) is 6.76. The second-order valence-electron chi connectivity index (χ2n) is 12.6. The highest BCUT2D eigenvalue weighted by Crippen LogP contribution is 2.43. The average Bonchev–Trinajstić information content (AvgIpc) is 3.38. The Morgan fingerprint density at radius 3 is 2.89 bits per heavy atom. The van der Waals surface area contributed by atoms with E-state index in [1.807, 2.05) is 0 Å². The number of hydrogen-bond donors (Lipinski definition) is 1. The number of aromatic hydroxyl groups is 1. The van der Waals surface area contributed by atoms with E-state index < -0.39 is 23.3 Å². The third-order valence-corrected chi connectivity index (χ3v) is 9.93. The number of fused-ring (bicyclic) bond motifs is 4. The summed E-state index contributed by atoms with van der Waals surface area (Å²) in [4.78, 5) is 18.6. The number of phenolic OH excluding ortho intramolecular Hbond substituents is 1. The molecule has 3 fully saturated rings. The third kappa shape index (κ3) is 4.57. The summed E-state index contributed by atoms with van der Waals surface area (Å²) in [7, 11) is 0. The number of alkyl halides is 1. The molecule has 4 aromatic rings. The van der Waals surface area contributed by atoms with Crippen molar-refractivity contribution in [1.82, 2.24) is 19.9 Å². The number of halogens is 3. The fourth-order valence-corrected chi connectivity index (χ4v) is 7.89. The van der Waals surface area contributed by atoms with Crippen molar-refractivity contribution in [2.75, 3.05) is 44.4 Å². The number of rotatable bonds is 4. The lowest BCUT2D eigenvalue weighted by molar-refractivity contribution is 0.107. The highest BCUT2D eigenvalue weighted by atomic mass is 19.1. The first-order chi connectivity index (χ1) is 21.8. The molecule has 4 aliphatic rings. The van der Waals surface area contributed by atoms with Gasteiger partial charge in [0.05, 0.1) is 34.8 Å². The molecule has 0 unspecified atom stereocenters. The molecule has 11 heteroatoms. The van der Waals surface area contributed by atoms with Crippen molar-refractivity contribution < 1.29 is 27.8 Å². The van der Waals surface area contributed by atoms with Crippen molar-refractivity contribution in [3.8, 4) is 35.4 Å². The molecular formula is C34H32F3N5O3. The van der Waals surface area contributed by atoms with Gasteiger partial charge in [0.2, 0.25) is 0 Å². The number of anilines is 1. The molecule has 0 spiro atoms. The minimum Gasteiger partial charge on any atom is -0.508 e. The Morgan fingerprint density at radius 1 is 1.13 bits per heavy atom. The van der Waals surface area contributed by atoms with E-state index in [9.17, 15) is 13.9 Å². The van der Waals surface area contributed by atoms with Crippen LogP contribution < -0.4 is 9.64 Å². The van der Waals surface area contributed by atoms with Gasteiger partial charge in [-0.05, 0) is 62.2 Å². The zero-order valence-corrected chi connectivity index (χ0v) is 24.7. The maximum atomic E-state index is 17.0. The van der Waals surface area contributed by atoms with Gasteiger partial charge in [-0.3, -0.25) is 4.90 Å². The van der Waals surface area contributed by atoms with Crippen LogP contribution >= 0.6 is 0 Å². The number of aromatic nitrogens is 3. The molecule has 3 atom stereocenters. The van der Waals surface area contributed by atoms with E-state index in [2.05, 4.69) is 20.7 Å². The van der Waals surface area contributed by atoms with Gasteiger partial charge in [0, 0.05) is 37.1 Å². The second-order valence-corrected chi connectivity index (χ2v) is 12.6. The number of ether oxygens (including phenoxy) is 2. The van der Waals surface area contributed by atoms with Crippen molar-refractivity contribution in [2.24, 2.45) is 0 Å². The Bertz CT molecular complexity index is 1900. The van der Waals surface area contributed by atoms with Crippen LogP contribution in [0.3, 0.4) is 0 Å². The molecule has 0 bridgehead atoms. The largest absolute Gasteiger partial charge is 0.508 e. The fraction of sp³-hybridized carbons (Fsp3) is 0.441. The number of nitrogens with zero attached hydrogens (tertiary/aromatic N) is 5. The van der Waals surface area contributed by atoms with Gasteiger partial charge in [-0.25, -0.2) is 18.2 Å². The lowest BCUT2D eigenvalue weighted by atomic mass is 9.95. The fourth-order valence-electron chi connectivity index (χ4n) is 7.89. The SMILES string of the molecule is C#Cc1c(F)ccc2cc(O)cc(-c3nc4c5c(nc(OC[C@@]67CCCN6C[C@H](F)C7)nc5c3F)N3CCCOC[C@H]3CC4)c12. The molecule has 8 rings (SSSR count). The molecule has 0 aliphatic carbocycles. The van der Waals surface area contributed by atoms with Crippen LogP contribution in [0.25, 0.3) is 32.9 Å². The van der Waals surface area contributed by atoms with Gasteiger partial charge in [0.25, 0.3) is 0 Å². The van der Waals surface area contributed by atoms with Crippen molar-refractivity contribution in [2.45, 2.75) is 56.3 Å². The quantitative estimate of drug-likeness (QED) is 0.310. The standard InChI is InChI=1S/C34H32F3N5O3/c1-2-23-25(36)7-5-19-13-22(43)14-24(27(19)23)30-29(37)31-28-26(38-30)8-6-21-17-44-12-4-11-42(21)32(28)40-33(39-31)45-18-34-9-3-10-41(34)16-20(35)15-34/h1,5,7,13-14,20-21,43H,3-4,6,8-12,15-18H2/t20-,21-,34+/m1/s1. The third-order valence-electron chi connectivity index (χ3n) is 9.93. The first-order valence-electron chi connectivity index (χ1n) is 15.5. The summed E-state index contributed by atoms with van der Waals surface area (Å²) < 4.78 is 58.5. The predicted molar refractivity (Wildman–Crippen MR) is 163 cm³/mol. The molecule has 6 heterocycles. The Morgan fingerprint density at radius 2 is 2.02 bits per heavy atom. The molecule has 4 aliphatic heterocycles. The van der Waals surface area contributed by atoms with Crippen LogP contribution in [0.4, 0.5) is 19.0 Å². The summed E-state index contributed by atoms with van der Waals surface area (Å²) in [5, 5.41) is 11.8.